The molecule has 1 saturated carbocycles. The van der Waals surface area contributed by atoms with E-state index in [0.717, 1.165) is 18.4 Å². The second-order valence-corrected chi connectivity index (χ2v) is 8.77. The average molecular weight is 454 g/mol. The summed E-state index contributed by atoms with van der Waals surface area (Å²) < 4.78 is 14.0. The zero-order chi connectivity index (χ0) is 24.3. The van der Waals surface area contributed by atoms with Crippen molar-refractivity contribution < 1.29 is 14.3 Å². The van der Waals surface area contributed by atoms with Crippen molar-refractivity contribution in [2.75, 3.05) is 0 Å². The second-order valence-electron chi connectivity index (χ2n) is 8.77. The SMILES string of the molecule is Cc1ccc(C(NC(=O)c2cc(C#CC3(CC#N)CC3)cc(C)n2)c2cc(F)ccc2O)cc1. The quantitative estimate of drug-likeness (QED) is 0.526. The first-order valence-corrected chi connectivity index (χ1v) is 11.0. The molecule has 5 nitrogen and oxygen atoms in total. The maximum Gasteiger partial charge on any atom is 0.270 e. The number of phenols is 1. The molecule has 2 N–H and O–H groups in total. The average Bonchev–Trinajstić information content (AvgIpc) is 3.58. The molecule has 0 saturated heterocycles. The summed E-state index contributed by atoms with van der Waals surface area (Å²) in [6.07, 6.45) is 2.20. The van der Waals surface area contributed by atoms with E-state index in [9.17, 15) is 14.3 Å². The molecule has 3 aromatic rings. The van der Waals surface area contributed by atoms with E-state index < -0.39 is 17.8 Å². The molecular weight excluding hydrogens is 429 g/mol. The largest absolute Gasteiger partial charge is 0.508 e. The zero-order valence-corrected chi connectivity index (χ0v) is 19.0. The van der Waals surface area contributed by atoms with Gasteiger partial charge in [-0.2, -0.15) is 5.26 Å². The highest BCUT2D eigenvalue weighted by Gasteiger charge is 2.40. The van der Waals surface area contributed by atoms with Gasteiger partial charge in [0.25, 0.3) is 5.91 Å². The summed E-state index contributed by atoms with van der Waals surface area (Å²) in [5, 5.41) is 22.3. The lowest BCUT2D eigenvalue weighted by molar-refractivity contribution is 0.0937. The molecule has 1 fully saturated rings. The van der Waals surface area contributed by atoms with E-state index >= 15 is 0 Å². The van der Waals surface area contributed by atoms with Crippen LogP contribution in [0, 0.1) is 48.3 Å². The molecule has 6 heteroatoms. The highest BCUT2D eigenvalue weighted by Crippen LogP contribution is 2.47. The van der Waals surface area contributed by atoms with E-state index in [4.69, 9.17) is 5.26 Å². The number of amides is 1. The van der Waals surface area contributed by atoms with Crippen LogP contribution in [0.25, 0.3) is 0 Å². The van der Waals surface area contributed by atoms with Crippen molar-refractivity contribution >= 4 is 5.91 Å². The zero-order valence-electron chi connectivity index (χ0n) is 19.0. The Morgan fingerprint density at radius 1 is 1.18 bits per heavy atom. The molecule has 4 rings (SSSR count). The third kappa shape index (κ3) is 5.24. The van der Waals surface area contributed by atoms with Crippen molar-refractivity contribution in [2.24, 2.45) is 5.41 Å². The molecule has 1 aliphatic carbocycles. The summed E-state index contributed by atoms with van der Waals surface area (Å²) in [5.74, 6) is 5.17. The number of nitrogens with zero attached hydrogens (tertiary/aromatic N) is 2. The number of nitrogens with one attached hydrogen (secondary N) is 1. The number of hydrogen-bond donors (Lipinski definition) is 2. The number of aromatic hydroxyl groups is 1. The van der Waals surface area contributed by atoms with Gasteiger partial charge in [0.15, 0.2) is 0 Å². The molecule has 170 valence electrons. The fourth-order valence-electron chi connectivity index (χ4n) is 3.77. The van der Waals surface area contributed by atoms with Gasteiger partial charge in [-0.25, -0.2) is 9.37 Å². The van der Waals surface area contributed by atoms with Crippen molar-refractivity contribution in [2.45, 2.75) is 39.2 Å². The lowest BCUT2D eigenvalue weighted by Gasteiger charge is -2.21. The van der Waals surface area contributed by atoms with Crippen LogP contribution < -0.4 is 5.32 Å². The Balaban J connectivity index is 1.66. The lowest BCUT2D eigenvalue weighted by atomic mass is 9.96. The molecule has 1 amide bonds. The van der Waals surface area contributed by atoms with Crippen LogP contribution in [0.1, 0.15) is 63.7 Å². The molecule has 1 aromatic heterocycles. The van der Waals surface area contributed by atoms with E-state index in [-0.39, 0.29) is 22.4 Å². The standard InChI is InChI=1S/C28H24FN3O2/c1-18-3-5-21(6-4-18)26(23-17-22(29)7-8-25(23)33)32-27(34)24-16-20(15-19(2)31-24)9-10-28(11-12-28)13-14-30/h3-8,15-17,26,33H,11-13H2,1-2H3,(H,32,34). The van der Waals surface area contributed by atoms with Crippen LogP contribution in [0.2, 0.25) is 0 Å². The van der Waals surface area contributed by atoms with Crippen LogP contribution in [0.4, 0.5) is 4.39 Å². The summed E-state index contributed by atoms with van der Waals surface area (Å²) >= 11 is 0. The number of carbonyl (C=O) groups is 1. The molecule has 2 aromatic carbocycles. The second kappa shape index (κ2) is 9.37. The van der Waals surface area contributed by atoms with E-state index in [1.807, 2.05) is 31.2 Å². The number of phenolic OH excluding ortho intramolecular Hbond substituents is 1. The van der Waals surface area contributed by atoms with E-state index in [0.29, 0.717) is 23.2 Å². The van der Waals surface area contributed by atoms with E-state index in [1.54, 1.807) is 19.1 Å². The van der Waals surface area contributed by atoms with Gasteiger partial charge in [-0.1, -0.05) is 41.7 Å². The monoisotopic (exact) mass is 453 g/mol. The van der Waals surface area contributed by atoms with Crippen LogP contribution in [0.3, 0.4) is 0 Å². The van der Waals surface area contributed by atoms with Gasteiger partial charge >= 0.3 is 0 Å². The maximum absolute atomic E-state index is 14.0. The minimum Gasteiger partial charge on any atom is -0.508 e. The Labute approximate surface area is 198 Å². The Kier molecular flexibility index (Phi) is 6.34. The molecular formula is C28H24FN3O2. The number of benzene rings is 2. The van der Waals surface area contributed by atoms with Gasteiger partial charge in [-0.3, -0.25) is 4.79 Å². The van der Waals surface area contributed by atoms with Crippen LogP contribution in [-0.2, 0) is 0 Å². The van der Waals surface area contributed by atoms with E-state index in [1.165, 1.54) is 18.2 Å². The number of halogens is 1. The van der Waals surface area contributed by atoms with Crippen LogP contribution in [0.5, 0.6) is 5.75 Å². The Morgan fingerprint density at radius 3 is 2.59 bits per heavy atom. The molecule has 0 bridgehead atoms. The summed E-state index contributed by atoms with van der Waals surface area (Å²) in [7, 11) is 0. The summed E-state index contributed by atoms with van der Waals surface area (Å²) in [5.41, 5.74) is 3.18. The van der Waals surface area contributed by atoms with Crippen molar-refractivity contribution in [3.05, 3.63) is 94.1 Å². The Hall–Kier alpha value is -4.16. The topological polar surface area (TPSA) is 86.0 Å². The van der Waals surface area contributed by atoms with Gasteiger partial charge in [-0.05, 0) is 62.6 Å². The van der Waals surface area contributed by atoms with Crippen molar-refractivity contribution in [1.29, 1.82) is 5.26 Å². The minimum atomic E-state index is -0.786. The number of rotatable bonds is 5. The molecule has 1 heterocycles. The van der Waals surface area contributed by atoms with Gasteiger partial charge in [0, 0.05) is 22.2 Å². The number of pyridine rings is 1. The smallest absolute Gasteiger partial charge is 0.270 e. The molecule has 34 heavy (non-hydrogen) atoms. The maximum atomic E-state index is 14.0. The first-order chi connectivity index (χ1) is 16.3. The first kappa shape index (κ1) is 23.0. The van der Waals surface area contributed by atoms with Crippen LogP contribution >= 0.6 is 0 Å². The molecule has 1 atom stereocenters. The van der Waals surface area contributed by atoms with Gasteiger partial charge in [-0.15, -0.1) is 0 Å². The highest BCUT2D eigenvalue weighted by molar-refractivity contribution is 5.93. The first-order valence-electron chi connectivity index (χ1n) is 11.0. The third-order valence-corrected chi connectivity index (χ3v) is 5.92. The third-order valence-electron chi connectivity index (χ3n) is 5.92. The highest BCUT2D eigenvalue weighted by atomic mass is 19.1. The number of carbonyl (C=O) groups excluding carboxylic acids is 1. The molecule has 1 unspecified atom stereocenters. The van der Waals surface area contributed by atoms with Gasteiger partial charge in [0.1, 0.15) is 17.3 Å². The molecule has 0 spiro atoms. The fraction of sp³-hybridized carbons (Fsp3) is 0.250. The van der Waals surface area contributed by atoms with Gasteiger partial charge in [0.2, 0.25) is 0 Å². The number of hydrogen-bond acceptors (Lipinski definition) is 4. The van der Waals surface area contributed by atoms with Crippen LogP contribution in [0.15, 0.2) is 54.6 Å². The van der Waals surface area contributed by atoms with Gasteiger partial charge < -0.3 is 10.4 Å². The minimum absolute atomic E-state index is 0.122. The van der Waals surface area contributed by atoms with Crippen LogP contribution in [-0.4, -0.2) is 16.0 Å². The van der Waals surface area contributed by atoms with E-state index in [2.05, 4.69) is 28.2 Å². The summed E-state index contributed by atoms with van der Waals surface area (Å²) in [4.78, 5) is 17.6. The predicted octanol–water partition coefficient (Wildman–Crippen LogP) is 5.11. The number of nitriles is 1. The molecule has 0 aliphatic heterocycles. The normalized spacial score (nSPS) is 14.3. The number of aromatic nitrogens is 1. The van der Waals surface area contributed by atoms with Crippen molar-refractivity contribution in [3.63, 3.8) is 0 Å². The fourth-order valence-corrected chi connectivity index (χ4v) is 3.77. The Morgan fingerprint density at radius 2 is 1.91 bits per heavy atom. The summed E-state index contributed by atoms with van der Waals surface area (Å²) in [6, 6.07) is 15.9. The van der Waals surface area contributed by atoms with Gasteiger partial charge in [0.05, 0.1) is 18.5 Å². The Bertz CT molecular complexity index is 1340. The molecule has 1 aliphatic rings. The van der Waals surface area contributed by atoms with Crippen molar-refractivity contribution in [1.82, 2.24) is 10.3 Å². The lowest BCUT2D eigenvalue weighted by Crippen LogP contribution is -2.30. The predicted molar refractivity (Wildman–Crippen MR) is 126 cm³/mol. The molecule has 0 radical (unpaired) electrons. The number of aryl methyl sites for hydroxylation is 2. The summed E-state index contributed by atoms with van der Waals surface area (Å²) in [6.45, 7) is 3.72. The van der Waals surface area contributed by atoms with Crippen molar-refractivity contribution in [3.8, 4) is 23.7 Å².